The molecule has 0 saturated carbocycles. The zero-order valence-electron chi connectivity index (χ0n) is 13.5. The highest BCUT2D eigenvalue weighted by Crippen LogP contribution is 2.20. The normalized spacial score (nSPS) is 19.4. The molecule has 1 aliphatic rings. The Bertz CT molecular complexity index is 516. The number of hydrogen-bond donors (Lipinski definition) is 0. The van der Waals surface area contributed by atoms with Gasteiger partial charge >= 0.3 is 0 Å². The fraction of sp³-hybridized carbons (Fsp3) is 0.529. The zero-order valence-corrected chi connectivity index (χ0v) is 13.5. The summed E-state index contributed by atoms with van der Waals surface area (Å²) in [5.74, 6) is 0.618. The summed E-state index contributed by atoms with van der Waals surface area (Å²) < 4.78 is 5.69. The van der Waals surface area contributed by atoms with Gasteiger partial charge < -0.3 is 14.5 Å². The van der Waals surface area contributed by atoms with E-state index in [-0.39, 0.29) is 17.7 Å². The summed E-state index contributed by atoms with van der Waals surface area (Å²) in [6.07, 6.45) is 1.15. The number of amides is 2. The highest BCUT2D eigenvalue weighted by Gasteiger charge is 2.31. The van der Waals surface area contributed by atoms with E-state index in [1.807, 2.05) is 30.3 Å². The number of likely N-dealkylation sites (tertiary alicyclic amines) is 1. The molecular weight excluding hydrogens is 280 g/mol. The van der Waals surface area contributed by atoms with Crippen molar-refractivity contribution in [3.05, 3.63) is 30.3 Å². The predicted molar refractivity (Wildman–Crippen MR) is 84.5 cm³/mol. The third kappa shape index (κ3) is 4.00. The monoisotopic (exact) mass is 304 g/mol. The molecule has 0 N–H and O–H groups in total. The van der Waals surface area contributed by atoms with Crippen molar-refractivity contribution in [1.82, 2.24) is 9.80 Å². The SMILES string of the molecule is CC(Oc1ccccc1)C(=O)N1CCCC(C(=O)N(C)C)C1. The van der Waals surface area contributed by atoms with Gasteiger partial charge in [-0.15, -0.1) is 0 Å². The summed E-state index contributed by atoms with van der Waals surface area (Å²) in [6.45, 7) is 2.93. The van der Waals surface area contributed by atoms with E-state index >= 15 is 0 Å². The molecule has 5 heteroatoms. The maximum atomic E-state index is 12.5. The summed E-state index contributed by atoms with van der Waals surface area (Å²) in [5.41, 5.74) is 0. The highest BCUT2D eigenvalue weighted by atomic mass is 16.5. The highest BCUT2D eigenvalue weighted by molar-refractivity contribution is 5.83. The number of piperidine rings is 1. The van der Waals surface area contributed by atoms with Crippen LogP contribution in [0.5, 0.6) is 5.75 Å². The standard InChI is InChI=1S/C17H24N2O3/c1-13(22-15-9-5-4-6-10-15)16(20)19-11-7-8-14(12-19)17(21)18(2)3/h4-6,9-10,13-14H,7-8,11-12H2,1-3H3. The molecule has 2 rings (SSSR count). The van der Waals surface area contributed by atoms with Crippen molar-refractivity contribution in [1.29, 1.82) is 0 Å². The van der Waals surface area contributed by atoms with Crippen LogP contribution in [0.25, 0.3) is 0 Å². The largest absolute Gasteiger partial charge is 0.481 e. The molecule has 2 unspecified atom stereocenters. The number of carbonyl (C=O) groups is 2. The van der Waals surface area contributed by atoms with Crippen LogP contribution in [0, 0.1) is 5.92 Å². The smallest absolute Gasteiger partial charge is 0.263 e. The Hall–Kier alpha value is -2.04. The average molecular weight is 304 g/mol. The lowest BCUT2D eigenvalue weighted by atomic mass is 9.96. The number of para-hydroxylation sites is 1. The first-order chi connectivity index (χ1) is 10.5. The summed E-state index contributed by atoms with van der Waals surface area (Å²) in [5, 5.41) is 0. The fourth-order valence-electron chi connectivity index (χ4n) is 2.75. The van der Waals surface area contributed by atoms with Gasteiger partial charge in [-0.25, -0.2) is 0 Å². The second kappa shape index (κ2) is 7.29. The number of hydrogen-bond acceptors (Lipinski definition) is 3. The molecule has 1 fully saturated rings. The Kier molecular flexibility index (Phi) is 5.41. The Labute approximate surface area is 131 Å². The quantitative estimate of drug-likeness (QED) is 0.852. The number of ether oxygens (including phenoxy) is 1. The van der Waals surface area contributed by atoms with Crippen LogP contribution in [-0.2, 0) is 9.59 Å². The van der Waals surface area contributed by atoms with Crippen molar-refractivity contribution in [3.8, 4) is 5.75 Å². The van der Waals surface area contributed by atoms with E-state index in [0.717, 1.165) is 12.8 Å². The third-order valence-corrected chi connectivity index (χ3v) is 3.93. The lowest BCUT2D eigenvalue weighted by molar-refractivity contribution is -0.143. The second-order valence-corrected chi connectivity index (χ2v) is 5.93. The molecule has 0 spiro atoms. The van der Waals surface area contributed by atoms with Crippen LogP contribution in [0.3, 0.4) is 0 Å². The lowest BCUT2D eigenvalue weighted by Gasteiger charge is -2.34. The summed E-state index contributed by atoms with van der Waals surface area (Å²) in [7, 11) is 3.51. The van der Waals surface area contributed by atoms with Gasteiger partial charge in [-0.2, -0.15) is 0 Å². The topological polar surface area (TPSA) is 49.9 Å². The minimum Gasteiger partial charge on any atom is -0.481 e. The Morgan fingerprint density at radius 1 is 1.27 bits per heavy atom. The minimum atomic E-state index is -0.546. The molecule has 1 aromatic rings. The maximum absolute atomic E-state index is 12.5. The second-order valence-electron chi connectivity index (χ2n) is 5.93. The molecule has 1 saturated heterocycles. The molecule has 22 heavy (non-hydrogen) atoms. The first kappa shape index (κ1) is 16.3. The number of carbonyl (C=O) groups excluding carboxylic acids is 2. The fourth-order valence-corrected chi connectivity index (χ4v) is 2.75. The van der Waals surface area contributed by atoms with E-state index in [0.29, 0.717) is 18.8 Å². The number of benzene rings is 1. The zero-order chi connectivity index (χ0) is 16.1. The summed E-state index contributed by atoms with van der Waals surface area (Å²) in [4.78, 5) is 28.0. The van der Waals surface area contributed by atoms with E-state index in [1.54, 1.807) is 30.8 Å². The van der Waals surface area contributed by atoms with E-state index in [9.17, 15) is 9.59 Å². The first-order valence-electron chi connectivity index (χ1n) is 7.70. The number of rotatable bonds is 4. The van der Waals surface area contributed by atoms with Gasteiger partial charge in [-0.3, -0.25) is 9.59 Å². The maximum Gasteiger partial charge on any atom is 0.263 e. The summed E-state index contributed by atoms with van der Waals surface area (Å²) >= 11 is 0. The molecular formula is C17H24N2O3. The molecule has 5 nitrogen and oxygen atoms in total. The molecule has 1 heterocycles. The van der Waals surface area contributed by atoms with Crippen molar-refractivity contribution in [2.75, 3.05) is 27.2 Å². The van der Waals surface area contributed by atoms with Gasteiger partial charge in [-0.1, -0.05) is 18.2 Å². The lowest BCUT2D eigenvalue weighted by Crippen LogP contribution is -2.48. The van der Waals surface area contributed by atoms with Gasteiger partial charge in [0.15, 0.2) is 6.10 Å². The van der Waals surface area contributed by atoms with Crippen LogP contribution in [0.1, 0.15) is 19.8 Å². The van der Waals surface area contributed by atoms with Gasteiger partial charge in [0.1, 0.15) is 5.75 Å². The molecule has 1 aromatic carbocycles. The van der Waals surface area contributed by atoms with Crippen LogP contribution >= 0.6 is 0 Å². The number of nitrogens with zero attached hydrogens (tertiary/aromatic N) is 2. The molecule has 120 valence electrons. The van der Waals surface area contributed by atoms with Crippen LogP contribution in [0.2, 0.25) is 0 Å². The molecule has 1 aliphatic heterocycles. The molecule has 2 amide bonds. The summed E-state index contributed by atoms with van der Waals surface area (Å²) in [6, 6.07) is 9.32. The average Bonchev–Trinajstić information content (AvgIpc) is 2.54. The molecule has 0 aliphatic carbocycles. The van der Waals surface area contributed by atoms with Crippen molar-refractivity contribution in [2.24, 2.45) is 5.92 Å². The van der Waals surface area contributed by atoms with E-state index in [2.05, 4.69) is 0 Å². The Morgan fingerprint density at radius 3 is 2.59 bits per heavy atom. The molecule has 0 radical (unpaired) electrons. The van der Waals surface area contributed by atoms with Gasteiger partial charge in [0.2, 0.25) is 5.91 Å². The van der Waals surface area contributed by atoms with Crippen molar-refractivity contribution < 1.29 is 14.3 Å². The molecule has 2 atom stereocenters. The van der Waals surface area contributed by atoms with Crippen molar-refractivity contribution in [2.45, 2.75) is 25.9 Å². The Morgan fingerprint density at radius 2 is 1.95 bits per heavy atom. The van der Waals surface area contributed by atoms with Crippen molar-refractivity contribution >= 4 is 11.8 Å². The van der Waals surface area contributed by atoms with Crippen LogP contribution in [-0.4, -0.2) is 54.9 Å². The van der Waals surface area contributed by atoms with Crippen LogP contribution in [0.15, 0.2) is 30.3 Å². The van der Waals surface area contributed by atoms with Crippen molar-refractivity contribution in [3.63, 3.8) is 0 Å². The minimum absolute atomic E-state index is 0.0555. The van der Waals surface area contributed by atoms with E-state index in [1.165, 1.54) is 0 Å². The Balaban J connectivity index is 1.95. The third-order valence-electron chi connectivity index (χ3n) is 3.93. The molecule has 0 bridgehead atoms. The van der Waals surface area contributed by atoms with Gasteiger partial charge in [-0.05, 0) is 31.9 Å². The van der Waals surface area contributed by atoms with Gasteiger partial charge in [0.25, 0.3) is 5.91 Å². The first-order valence-corrected chi connectivity index (χ1v) is 7.70. The van der Waals surface area contributed by atoms with Gasteiger partial charge in [0.05, 0.1) is 5.92 Å². The van der Waals surface area contributed by atoms with Crippen LogP contribution in [0.4, 0.5) is 0 Å². The van der Waals surface area contributed by atoms with E-state index < -0.39 is 6.10 Å². The predicted octanol–water partition coefficient (Wildman–Crippen LogP) is 1.78. The van der Waals surface area contributed by atoms with Gasteiger partial charge in [0, 0.05) is 27.2 Å². The van der Waals surface area contributed by atoms with Crippen LogP contribution < -0.4 is 4.74 Å². The van der Waals surface area contributed by atoms with E-state index in [4.69, 9.17) is 4.74 Å². The molecule has 0 aromatic heterocycles.